The number of pyridine rings is 1. The number of nitrogens with zero attached hydrogens (tertiary/aromatic N) is 3. The maximum atomic E-state index is 11.6. The molecule has 6 nitrogen and oxygen atoms in total. The Morgan fingerprint density at radius 2 is 2.14 bits per heavy atom. The van der Waals surface area contributed by atoms with Crippen LogP contribution in [0.4, 0.5) is 5.69 Å². The molecule has 0 amide bonds. The average Bonchev–Trinajstić information content (AvgIpc) is 2.76. The van der Waals surface area contributed by atoms with Crippen LogP contribution in [0.1, 0.15) is 21.9 Å². The first-order valence-corrected chi connectivity index (χ1v) is 6.85. The summed E-state index contributed by atoms with van der Waals surface area (Å²) in [5, 5.41) is 7.70. The van der Waals surface area contributed by atoms with Gasteiger partial charge in [-0.05, 0) is 13.0 Å². The zero-order chi connectivity index (χ0) is 15.6. The zero-order valence-electron chi connectivity index (χ0n) is 11.8. The van der Waals surface area contributed by atoms with Crippen molar-refractivity contribution >= 4 is 34.9 Å². The van der Waals surface area contributed by atoms with Gasteiger partial charge in [-0.3, -0.25) is 4.68 Å². The van der Waals surface area contributed by atoms with Crippen molar-refractivity contribution in [3.05, 3.63) is 39.4 Å². The fraction of sp³-hybridized carbons (Fsp3) is 0.308. The summed E-state index contributed by atoms with van der Waals surface area (Å²) in [6.07, 6.45) is 0. The second-order valence-corrected chi connectivity index (χ2v) is 5.17. The van der Waals surface area contributed by atoms with Crippen molar-refractivity contribution in [2.45, 2.75) is 13.5 Å². The van der Waals surface area contributed by atoms with Gasteiger partial charge >= 0.3 is 5.97 Å². The van der Waals surface area contributed by atoms with Gasteiger partial charge in [0, 0.05) is 13.1 Å². The van der Waals surface area contributed by atoms with Crippen LogP contribution in [0.15, 0.2) is 12.1 Å². The van der Waals surface area contributed by atoms with Gasteiger partial charge in [-0.2, -0.15) is 5.10 Å². The standard InChI is InChI=1S/C13H14Cl2N4O2/c1-7-4-8(19(2)18-7)6-16-9-5-10(14)17-12(11(9)15)13(20)21-3/h4-5H,6H2,1-3H3,(H,16,17). The monoisotopic (exact) mass is 328 g/mol. The average molecular weight is 329 g/mol. The van der Waals surface area contributed by atoms with E-state index in [1.54, 1.807) is 10.7 Å². The molecule has 1 N–H and O–H groups in total. The molecule has 112 valence electrons. The molecule has 0 radical (unpaired) electrons. The molecule has 21 heavy (non-hydrogen) atoms. The Morgan fingerprint density at radius 1 is 1.43 bits per heavy atom. The Morgan fingerprint density at radius 3 is 2.71 bits per heavy atom. The number of anilines is 1. The van der Waals surface area contributed by atoms with Crippen molar-refractivity contribution in [1.82, 2.24) is 14.8 Å². The van der Waals surface area contributed by atoms with E-state index < -0.39 is 5.97 Å². The maximum absolute atomic E-state index is 11.6. The molecule has 0 aliphatic carbocycles. The van der Waals surface area contributed by atoms with Gasteiger partial charge in [0.1, 0.15) is 5.15 Å². The molecule has 0 spiro atoms. The van der Waals surface area contributed by atoms with Crippen molar-refractivity contribution in [2.24, 2.45) is 7.05 Å². The normalized spacial score (nSPS) is 10.5. The van der Waals surface area contributed by atoms with Crippen LogP contribution in [0, 0.1) is 6.92 Å². The molecule has 2 aromatic rings. The second kappa shape index (κ2) is 6.32. The fourth-order valence-electron chi connectivity index (χ4n) is 1.87. The number of hydrogen-bond acceptors (Lipinski definition) is 5. The first-order valence-electron chi connectivity index (χ1n) is 6.10. The molecule has 0 aromatic carbocycles. The minimum absolute atomic E-state index is 0.0182. The molecule has 0 saturated heterocycles. The van der Waals surface area contributed by atoms with E-state index in [0.717, 1.165) is 11.4 Å². The zero-order valence-corrected chi connectivity index (χ0v) is 13.3. The van der Waals surface area contributed by atoms with Gasteiger partial charge < -0.3 is 10.1 Å². The summed E-state index contributed by atoms with van der Waals surface area (Å²) in [7, 11) is 3.11. The molecule has 2 rings (SSSR count). The Kier molecular flexibility index (Phi) is 4.69. The third kappa shape index (κ3) is 3.46. The number of methoxy groups -OCH3 is 1. The second-order valence-electron chi connectivity index (χ2n) is 4.40. The van der Waals surface area contributed by atoms with E-state index in [1.165, 1.54) is 7.11 Å². The number of ether oxygens (including phenoxy) is 1. The van der Waals surface area contributed by atoms with E-state index >= 15 is 0 Å². The summed E-state index contributed by atoms with van der Waals surface area (Å²) < 4.78 is 6.39. The molecule has 0 fully saturated rings. The highest BCUT2D eigenvalue weighted by Gasteiger charge is 2.17. The van der Waals surface area contributed by atoms with E-state index in [0.29, 0.717) is 12.2 Å². The van der Waals surface area contributed by atoms with Gasteiger partial charge in [-0.15, -0.1) is 0 Å². The third-order valence-electron chi connectivity index (χ3n) is 2.86. The van der Waals surface area contributed by atoms with Crippen LogP contribution in [0.2, 0.25) is 10.2 Å². The first kappa shape index (κ1) is 15.6. The molecule has 2 heterocycles. The minimum atomic E-state index is -0.637. The van der Waals surface area contributed by atoms with E-state index in [4.69, 9.17) is 23.2 Å². The van der Waals surface area contributed by atoms with Gasteiger partial charge in [-0.25, -0.2) is 9.78 Å². The van der Waals surface area contributed by atoms with Crippen LogP contribution in [-0.4, -0.2) is 27.8 Å². The maximum Gasteiger partial charge on any atom is 0.358 e. The van der Waals surface area contributed by atoms with Crippen LogP contribution in [0.5, 0.6) is 0 Å². The van der Waals surface area contributed by atoms with Crippen molar-refractivity contribution < 1.29 is 9.53 Å². The number of hydrogen-bond donors (Lipinski definition) is 1. The highest BCUT2D eigenvalue weighted by atomic mass is 35.5. The van der Waals surface area contributed by atoms with Crippen LogP contribution < -0.4 is 5.32 Å². The highest BCUT2D eigenvalue weighted by Crippen LogP contribution is 2.28. The number of aromatic nitrogens is 3. The Balaban J connectivity index is 2.26. The Hall–Kier alpha value is -1.79. The summed E-state index contributed by atoms with van der Waals surface area (Å²) in [5.74, 6) is -0.637. The molecule has 0 aliphatic heterocycles. The van der Waals surface area contributed by atoms with Crippen molar-refractivity contribution in [2.75, 3.05) is 12.4 Å². The number of carbonyl (C=O) groups is 1. The number of carbonyl (C=O) groups excluding carboxylic acids is 1. The lowest BCUT2D eigenvalue weighted by Crippen LogP contribution is -2.10. The van der Waals surface area contributed by atoms with Crippen molar-refractivity contribution in [3.63, 3.8) is 0 Å². The topological polar surface area (TPSA) is 69.0 Å². The van der Waals surface area contributed by atoms with Crippen LogP contribution in [-0.2, 0) is 18.3 Å². The fourth-order valence-corrected chi connectivity index (χ4v) is 2.31. The molecule has 0 aliphatic rings. The number of rotatable bonds is 4. The van der Waals surface area contributed by atoms with E-state index in [9.17, 15) is 4.79 Å². The van der Waals surface area contributed by atoms with Crippen LogP contribution in [0.25, 0.3) is 0 Å². The van der Waals surface area contributed by atoms with Gasteiger partial charge in [0.2, 0.25) is 0 Å². The quantitative estimate of drug-likeness (QED) is 0.690. The summed E-state index contributed by atoms with van der Waals surface area (Å²) in [5.41, 5.74) is 2.38. The molecule has 8 heteroatoms. The summed E-state index contributed by atoms with van der Waals surface area (Å²) in [4.78, 5) is 15.5. The number of esters is 1. The van der Waals surface area contributed by atoms with Gasteiger partial charge in [0.15, 0.2) is 5.69 Å². The first-order chi connectivity index (χ1) is 9.92. The lowest BCUT2D eigenvalue weighted by atomic mass is 10.3. The largest absolute Gasteiger partial charge is 0.464 e. The third-order valence-corrected chi connectivity index (χ3v) is 3.44. The number of nitrogens with one attached hydrogen (secondary N) is 1. The predicted octanol–water partition coefficient (Wildman–Crippen LogP) is 2.83. The van der Waals surface area contributed by atoms with Crippen LogP contribution >= 0.6 is 23.2 Å². The molecule has 0 bridgehead atoms. The summed E-state index contributed by atoms with van der Waals surface area (Å²) in [6, 6.07) is 3.50. The predicted molar refractivity (Wildman–Crippen MR) is 80.9 cm³/mol. The lowest BCUT2D eigenvalue weighted by Gasteiger charge is -2.11. The van der Waals surface area contributed by atoms with Crippen molar-refractivity contribution in [1.29, 1.82) is 0 Å². The van der Waals surface area contributed by atoms with E-state index in [1.807, 2.05) is 20.0 Å². The molecule has 2 aromatic heterocycles. The highest BCUT2D eigenvalue weighted by molar-refractivity contribution is 6.37. The van der Waals surface area contributed by atoms with Crippen molar-refractivity contribution in [3.8, 4) is 0 Å². The van der Waals surface area contributed by atoms with Gasteiger partial charge in [-0.1, -0.05) is 23.2 Å². The summed E-state index contributed by atoms with van der Waals surface area (Å²) >= 11 is 12.1. The Labute approximate surface area is 132 Å². The SMILES string of the molecule is COC(=O)c1nc(Cl)cc(NCc2cc(C)nn2C)c1Cl. The van der Waals surface area contributed by atoms with E-state index in [2.05, 4.69) is 20.1 Å². The molecular weight excluding hydrogens is 315 g/mol. The number of aryl methyl sites for hydroxylation is 2. The molecule has 0 saturated carbocycles. The summed E-state index contributed by atoms with van der Waals surface area (Å²) in [6.45, 7) is 2.40. The molecular formula is C13H14Cl2N4O2. The van der Waals surface area contributed by atoms with E-state index in [-0.39, 0.29) is 15.9 Å². The Bertz CT molecular complexity index is 685. The minimum Gasteiger partial charge on any atom is -0.464 e. The smallest absolute Gasteiger partial charge is 0.358 e. The van der Waals surface area contributed by atoms with Gasteiger partial charge in [0.05, 0.1) is 35.8 Å². The number of halogens is 2. The van der Waals surface area contributed by atoms with Crippen LogP contribution in [0.3, 0.4) is 0 Å². The molecule has 0 unspecified atom stereocenters. The molecule has 0 atom stereocenters. The lowest BCUT2D eigenvalue weighted by molar-refractivity contribution is 0.0594. The van der Waals surface area contributed by atoms with Gasteiger partial charge in [0.25, 0.3) is 0 Å².